The number of nitrogens with one attached hydrogen (secondary N) is 1. The topological polar surface area (TPSA) is 68.1 Å². The normalized spacial score (nSPS) is 12.2. The van der Waals surface area contributed by atoms with Crippen molar-refractivity contribution in [3.63, 3.8) is 0 Å². The molecule has 0 amide bonds. The highest BCUT2D eigenvalue weighted by Crippen LogP contribution is 2.30. The van der Waals surface area contributed by atoms with E-state index >= 15 is 0 Å². The summed E-state index contributed by atoms with van der Waals surface area (Å²) in [6.07, 6.45) is 0.738. The summed E-state index contributed by atoms with van der Waals surface area (Å²) < 4.78 is 0. The molecule has 0 aliphatic heterocycles. The van der Waals surface area contributed by atoms with Crippen molar-refractivity contribution in [1.29, 1.82) is 0 Å². The number of hydrogen-bond acceptors (Lipinski definition) is 6. The van der Waals surface area contributed by atoms with Crippen molar-refractivity contribution in [2.75, 3.05) is 7.05 Å². The lowest BCUT2D eigenvalue weighted by atomic mass is 10.0. The zero-order chi connectivity index (χ0) is 16.2. The number of hydrogen-bond donors (Lipinski definition) is 1. The van der Waals surface area contributed by atoms with E-state index in [0.717, 1.165) is 22.7 Å². The van der Waals surface area contributed by atoms with E-state index in [0.29, 0.717) is 0 Å². The van der Waals surface area contributed by atoms with Gasteiger partial charge >= 0.3 is 0 Å². The van der Waals surface area contributed by atoms with E-state index in [9.17, 15) is 10.1 Å². The van der Waals surface area contributed by atoms with E-state index in [1.807, 2.05) is 18.5 Å². The third-order valence-electron chi connectivity index (χ3n) is 3.55. The third kappa shape index (κ3) is 3.64. The summed E-state index contributed by atoms with van der Waals surface area (Å²) in [6.45, 7) is 0. The van der Waals surface area contributed by atoms with E-state index in [1.54, 1.807) is 46.9 Å². The molecular weight excluding hydrogens is 330 g/mol. The van der Waals surface area contributed by atoms with Gasteiger partial charge in [-0.3, -0.25) is 10.1 Å². The number of thiophene rings is 1. The highest BCUT2D eigenvalue weighted by Gasteiger charge is 2.16. The number of thiazole rings is 1. The molecule has 2 aromatic heterocycles. The Morgan fingerprint density at radius 1 is 1.26 bits per heavy atom. The highest BCUT2D eigenvalue weighted by molar-refractivity contribution is 7.20. The number of nitrogens with zero attached hydrogens (tertiary/aromatic N) is 2. The summed E-state index contributed by atoms with van der Waals surface area (Å²) in [7, 11) is 1.90. The Balaban J connectivity index is 1.76. The predicted octanol–water partition coefficient (Wildman–Crippen LogP) is 4.28. The Hall–Kier alpha value is -2.09. The summed E-state index contributed by atoms with van der Waals surface area (Å²) in [4.78, 5) is 16.2. The SMILES string of the molecule is CNC(Cc1ccc([N+](=O)[O-])cc1)c1csc(-c2cccs2)n1. The monoisotopic (exact) mass is 345 g/mol. The molecule has 1 aromatic carbocycles. The van der Waals surface area contributed by atoms with E-state index in [1.165, 1.54) is 4.88 Å². The van der Waals surface area contributed by atoms with Crippen LogP contribution in [0.4, 0.5) is 5.69 Å². The van der Waals surface area contributed by atoms with Crippen LogP contribution in [0.2, 0.25) is 0 Å². The number of non-ortho nitro benzene ring substituents is 1. The van der Waals surface area contributed by atoms with Crippen LogP contribution in [0.1, 0.15) is 17.3 Å². The summed E-state index contributed by atoms with van der Waals surface area (Å²) in [5, 5.41) is 19.1. The second-order valence-corrected chi connectivity index (χ2v) is 6.83. The number of aromatic nitrogens is 1. The van der Waals surface area contributed by atoms with Crippen molar-refractivity contribution in [1.82, 2.24) is 10.3 Å². The molecule has 23 heavy (non-hydrogen) atoms. The van der Waals surface area contributed by atoms with Crippen molar-refractivity contribution < 1.29 is 4.92 Å². The quantitative estimate of drug-likeness (QED) is 0.535. The molecule has 0 aliphatic carbocycles. The minimum absolute atomic E-state index is 0.0846. The lowest BCUT2D eigenvalue weighted by molar-refractivity contribution is -0.384. The van der Waals surface area contributed by atoms with Crippen LogP contribution < -0.4 is 5.32 Å². The molecule has 0 aliphatic rings. The van der Waals surface area contributed by atoms with Gasteiger partial charge < -0.3 is 5.32 Å². The smallest absolute Gasteiger partial charge is 0.269 e. The Kier molecular flexibility index (Phi) is 4.80. The van der Waals surface area contributed by atoms with Crippen LogP contribution in [0.3, 0.4) is 0 Å². The van der Waals surface area contributed by atoms with Crippen LogP contribution >= 0.6 is 22.7 Å². The van der Waals surface area contributed by atoms with Crippen molar-refractivity contribution in [2.45, 2.75) is 12.5 Å². The third-order valence-corrected chi connectivity index (χ3v) is 5.45. The van der Waals surface area contributed by atoms with Gasteiger partial charge in [-0.15, -0.1) is 22.7 Å². The van der Waals surface area contributed by atoms with Gasteiger partial charge in [-0.05, 0) is 30.5 Å². The van der Waals surface area contributed by atoms with Crippen molar-refractivity contribution in [3.8, 4) is 9.88 Å². The molecule has 0 bridgehead atoms. The molecule has 0 spiro atoms. The molecule has 5 nitrogen and oxygen atoms in total. The van der Waals surface area contributed by atoms with Crippen LogP contribution in [0.25, 0.3) is 9.88 Å². The highest BCUT2D eigenvalue weighted by atomic mass is 32.1. The Morgan fingerprint density at radius 3 is 2.65 bits per heavy atom. The van der Waals surface area contributed by atoms with Crippen molar-refractivity contribution in [3.05, 3.63) is 68.5 Å². The minimum atomic E-state index is -0.382. The van der Waals surface area contributed by atoms with E-state index in [4.69, 9.17) is 4.98 Å². The average molecular weight is 345 g/mol. The lowest BCUT2D eigenvalue weighted by Crippen LogP contribution is -2.19. The molecule has 3 aromatic rings. The Morgan fingerprint density at radius 2 is 2.04 bits per heavy atom. The largest absolute Gasteiger partial charge is 0.311 e. The molecule has 1 unspecified atom stereocenters. The summed E-state index contributed by atoms with van der Waals surface area (Å²) in [5.74, 6) is 0. The van der Waals surface area contributed by atoms with Gasteiger partial charge in [0.2, 0.25) is 0 Å². The Bertz CT molecular complexity index is 782. The number of nitro groups is 1. The van der Waals surface area contributed by atoms with Gasteiger partial charge in [-0.2, -0.15) is 0 Å². The molecule has 1 atom stereocenters. The second-order valence-electron chi connectivity index (χ2n) is 5.02. The molecule has 0 saturated carbocycles. The zero-order valence-electron chi connectivity index (χ0n) is 12.4. The van der Waals surface area contributed by atoms with Gasteiger partial charge in [-0.1, -0.05) is 18.2 Å². The van der Waals surface area contributed by atoms with Gasteiger partial charge in [0.05, 0.1) is 21.5 Å². The maximum atomic E-state index is 10.7. The fraction of sp³-hybridized carbons (Fsp3) is 0.188. The van der Waals surface area contributed by atoms with Gasteiger partial charge in [0.1, 0.15) is 5.01 Å². The number of rotatable bonds is 6. The first kappa shape index (κ1) is 15.8. The van der Waals surface area contributed by atoms with E-state index in [2.05, 4.69) is 16.8 Å². The van der Waals surface area contributed by atoms with Crippen molar-refractivity contribution in [2.24, 2.45) is 0 Å². The van der Waals surface area contributed by atoms with Gasteiger partial charge in [0, 0.05) is 17.5 Å². The molecule has 0 radical (unpaired) electrons. The predicted molar refractivity (Wildman–Crippen MR) is 94.0 cm³/mol. The fourth-order valence-electron chi connectivity index (χ4n) is 2.30. The molecule has 0 saturated heterocycles. The van der Waals surface area contributed by atoms with E-state index < -0.39 is 0 Å². The first-order valence-electron chi connectivity index (χ1n) is 7.07. The minimum Gasteiger partial charge on any atom is -0.311 e. The number of likely N-dealkylation sites (N-methyl/N-ethyl adjacent to an activating group) is 1. The molecule has 2 heterocycles. The first-order valence-corrected chi connectivity index (χ1v) is 8.83. The maximum absolute atomic E-state index is 10.7. The van der Waals surface area contributed by atoms with Crippen LogP contribution in [0, 0.1) is 10.1 Å². The lowest BCUT2D eigenvalue weighted by Gasteiger charge is -2.13. The van der Waals surface area contributed by atoms with Gasteiger partial charge in [-0.25, -0.2) is 4.98 Å². The molecular formula is C16H15N3O2S2. The summed E-state index contributed by atoms with van der Waals surface area (Å²) >= 11 is 3.32. The molecule has 3 rings (SSSR count). The molecule has 0 fully saturated rings. The van der Waals surface area contributed by atoms with Crippen LogP contribution in [-0.2, 0) is 6.42 Å². The van der Waals surface area contributed by atoms with Crippen LogP contribution in [-0.4, -0.2) is 17.0 Å². The summed E-state index contributed by atoms with van der Waals surface area (Å²) in [6, 6.07) is 10.9. The number of nitro benzene ring substituents is 1. The molecule has 1 N–H and O–H groups in total. The second kappa shape index (κ2) is 6.99. The zero-order valence-corrected chi connectivity index (χ0v) is 14.1. The Labute approximate surface area is 141 Å². The summed E-state index contributed by atoms with van der Waals surface area (Å²) in [5.41, 5.74) is 2.16. The van der Waals surface area contributed by atoms with Gasteiger partial charge in [0.15, 0.2) is 0 Å². The maximum Gasteiger partial charge on any atom is 0.269 e. The average Bonchev–Trinajstić information content (AvgIpc) is 3.24. The fourth-order valence-corrected chi connectivity index (χ4v) is 3.99. The molecule has 118 valence electrons. The van der Waals surface area contributed by atoms with Crippen LogP contribution in [0.5, 0.6) is 0 Å². The van der Waals surface area contributed by atoms with Crippen molar-refractivity contribution >= 4 is 28.4 Å². The first-order chi connectivity index (χ1) is 11.2. The number of benzene rings is 1. The van der Waals surface area contributed by atoms with Crippen LogP contribution in [0.15, 0.2) is 47.2 Å². The molecule has 7 heteroatoms. The standard InChI is InChI=1S/C16H15N3O2S2/c1-17-13(9-11-4-6-12(7-5-11)19(20)21)14-10-23-16(18-14)15-3-2-8-22-15/h2-8,10,13,17H,9H2,1H3. The van der Waals surface area contributed by atoms with E-state index in [-0.39, 0.29) is 16.7 Å². The van der Waals surface area contributed by atoms with Gasteiger partial charge in [0.25, 0.3) is 5.69 Å².